The van der Waals surface area contributed by atoms with Crippen LogP contribution >= 0.6 is 0 Å². The molecule has 20 heavy (non-hydrogen) atoms. The van der Waals surface area contributed by atoms with Gasteiger partial charge in [-0.2, -0.15) is 0 Å². The molecule has 0 aromatic heterocycles. The first-order chi connectivity index (χ1) is 9.74. The van der Waals surface area contributed by atoms with E-state index in [-0.39, 0.29) is 5.91 Å². The van der Waals surface area contributed by atoms with Gasteiger partial charge in [0, 0.05) is 13.1 Å². The third kappa shape index (κ3) is 2.62. The number of carbonyl (C=O) groups is 1. The molecule has 1 aliphatic rings. The van der Waals surface area contributed by atoms with Crippen molar-refractivity contribution in [1.82, 2.24) is 4.90 Å². The number of benzene rings is 2. The Morgan fingerprint density at radius 2 is 1.80 bits per heavy atom. The van der Waals surface area contributed by atoms with Crippen LogP contribution in [0.25, 0.3) is 10.8 Å². The molecular weight excluding hydrogens is 250 g/mol. The molecule has 1 atom stereocenters. The van der Waals surface area contributed by atoms with E-state index < -0.39 is 6.10 Å². The van der Waals surface area contributed by atoms with Crippen LogP contribution in [0.5, 0.6) is 5.75 Å². The lowest BCUT2D eigenvalue weighted by Gasteiger charge is -2.21. The molecule has 0 N–H and O–H groups in total. The quantitative estimate of drug-likeness (QED) is 0.856. The summed E-state index contributed by atoms with van der Waals surface area (Å²) in [5.41, 5.74) is 0. The number of nitrogens with zero attached hydrogens (tertiary/aromatic N) is 1. The highest BCUT2D eigenvalue weighted by Gasteiger charge is 2.24. The number of hydrogen-bond donors (Lipinski definition) is 0. The van der Waals surface area contributed by atoms with E-state index >= 15 is 0 Å². The van der Waals surface area contributed by atoms with Gasteiger partial charge in [-0.3, -0.25) is 4.79 Å². The Morgan fingerprint density at radius 1 is 1.10 bits per heavy atom. The van der Waals surface area contributed by atoms with E-state index in [4.69, 9.17) is 4.74 Å². The zero-order valence-corrected chi connectivity index (χ0v) is 11.7. The van der Waals surface area contributed by atoms with Crippen molar-refractivity contribution in [3.63, 3.8) is 0 Å². The van der Waals surface area contributed by atoms with Crippen LogP contribution in [-0.4, -0.2) is 30.0 Å². The summed E-state index contributed by atoms with van der Waals surface area (Å²) in [6.07, 6.45) is 1.79. The van der Waals surface area contributed by atoms with E-state index in [9.17, 15) is 4.79 Å². The highest BCUT2D eigenvalue weighted by molar-refractivity contribution is 5.84. The standard InChI is InChI=1S/C17H19NO2/c1-13(17(19)18-10-4-5-11-18)20-16-9-8-14-6-2-3-7-15(14)12-16/h2-3,6-9,12-13H,4-5,10-11H2,1H3/t13-/m1/s1. The molecule has 0 aliphatic carbocycles. The van der Waals surface area contributed by atoms with E-state index in [1.54, 1.807) is 0 Å². The molecule has 3 rings (SSSR count). The fraction of sp³-hybridized carbons (Fsp3) is 0.353. The molecule has 1 fully saturated rings. The van der Waals surface area contributed by atoms with Gasteiger partial charge in [0.15, 0.2) is 6.10 Å². The van der Waals surface area contributed by atoms with Gasteiger partial charge in [0.2, 0.25) is 0 Å². The van der Waals surface area contributed by atoms with Crippen LogP contribution < -0.4 is 4.74 Å². The van der Waals surface area contributed by atoms with E-state index in [1.165, 1.54) is 5.39 Å². The lowest BCUT2D eigenvalue weighted by molar-refractivity contribution is -0.136. The summed E-state index contributed by atoms with van der Waals surface area (Å²) in [7, 11) is 0. The fourth-order valence-corrected chi connectivity index (χ4v) is 2.69. The number of fused-ring (bicyclic) bond motifs is 1. The van der Waals surface area contributed by atoms with Crippen LogP contribution in [0.15, 0.2) is 42.5 Å². The van der Waals surface area contributed by atoms with Crippen LogP contribution in [-0.2, 0) is 4.79 Å². The molecule has 1 saturated heterocycles. The Bertz CT molecular complexity index is 617. The summed E-state index contributed by atoms with van der Waals surface area (Å²) in [4.78, 5) is 14.1. The second kappa shape index (κ2) is 5.53. The molecule has 2 aromatic rings. The summed E-state index contributed by atoms with van der Waals surface area (Å²) in [6.45, 7) is 3.56. The van der Waals surface area contributed by atoms with Crippen molar-refractivity contribution in [1.29, 1.82) is 0 Å². The van der Waals surface area contributed by atoms with Gasteiger partial charge in [0.05, 0.1) is 0 Å². The molecule has 1 heterocycles. The molecule has 2 aromatic carbocycles. The summed E-state index contributed by atoms with van der Waals surface area (Å²) in [6, 6.07) is 14.1. The SMILES string of the molecule is C[C@@H](Oc1ccc2ccccc2c1)C(=O)N1CCCC1. The van der Waals surface area contributed by atoms with E-state index in [2.05, 4.69) is 12.1 Å². The first-order valence-electron chi connectivity index (χ1n) is 7.18. The van der Waals surface area contributed by atoms with Crippen LogP contribution in [0, 0.1) is 0 Å². The molecule has 0 unspecified atom stereocenters. The van der Waals surface area contributed by atoms with Gasteiger partial charge in [0.1, 0.15) is 5.75 Å². The predicted octanol–water partition coefficient (Wildman–Crippen LogP) is 3.23. The van der Waals surface area contributed by atoms with Crippen molar-refractivity contribution in [3.8, 4) is 5.75 Å². The van der Waals surface area contributed by atoms with Gasteiger partial charge >= 0.3 is 0 Å². The van der Waals surface area contributed by atoms with Crippen LogP contribution in [0.2, 0.25) is 0 Å². The third-order valence-corrected chi connectivity index (χ3v) is 3.80. The second-order valence-corrected chi connectivity index (χ2v) is 5.30. The minimum absolute atomic E-state index is 0.0932. The molecule has 1 aliphatic heterocycles. The maximum absolute atomic E-state index is 12.2. The Balaban J connectivity index is 1.73. The van der Waals surface area contributed by atoms with Gasteiger partial charge in [-0.1, -0.05) is 30.3 Å². The maximum atomic E-state index is 12.2. The van der Waals surface area contributed by atoms with Crippen molar-refractivity contribution >= 4 is 16.7 Å². The molecule has 0 bridgehead atoms. The highest BCUT2D eigenvalue weighted by atomic mass is 16.5. The molecule has 0 radical (unpaired) electrons. The zero-order valence-electron chi connectivity index (χ0n) is 11.7. The van der Waals surface area contributed by atoms with E-state index in [0.29, 0.717) is 0 Å². The molecule has 104 valence electrons. The lowest BCUT2D eigenvalue weighted by Crippen LogP contribution is -2.38. The van der Waals surface area contributed by atoms with Gasteiger partial charge in [-0.05, 0) is 42.7 Å². The average molecular weight is 269 g/mol. The smallest absolute Gasteiger partial charge is 0.263 e. The van der Waals surface area contributed by atoms with Crippen molar-refractivity contribution in [2.75, 3.05) is 13.1 Å². The van der Waals surface area contributed by atoms with Crippen LogP contribution in [0.1, 0.15) is 19.8 Å². The number of ether oxygens (including phenoxy) is 1. The average Bonchev–Trinajstić information content (AvgIpc) is 3.00. The minimum Gasteiger partial charge on any atom is -0.481 e. The summed E-state index contributed by atoms with van der Waals surface area (Å²) >= 11 is 0. The molecular formula is C17H19NO2. The summed E-state index contributed by atoms with van der Waals surface area (Å²) in [5, 5.41) is 2.31. The minimum atomic E-state index is -0.422. The second-order valence-electron chi connectivity index (χ2n) is 5.30. The maximum Gasteiger partial charge on any atom is 0.263 e. The van der Waals surface area contributed by atoms with Crippen molar-refractivity contribution in [2.45, 2.75) is 25.9 Å². The number of rotatable bonds is 3. The number of likely N-dealkylation sites (tertiary alicyclic amines) is 1. The number of hydrogen-bond acceptors (Lipinski definition) is 2. The van der Waals surface area contributed by atoms with Gasteiger partial charge in [-0.25, -0.2) is 0 Å². The Kier molecular flexibility index (Phi) is 3.59. The molecule has 3 heteroatoms. The van der Waals surface area contributed by atoms with Crippen LogP contribution in [0.4, 0.5) is 0 Å². The first kappa shape index (κ1) is 13.0. The van der Waals surface area contributed by atoms with Crippen molar-refractivity contribution in [3.05, 3.63) is 42.5 Å². The van der Waals surface area contributed by atoms with Gasteiger partial charge in [0.25, 0.3) is 5.91 Å². The Labute approximate surface area is 119 Å². The molecule has 0 saturated carbocycles. The topological polar surface area (TPSA) is 29.5 Å². The largest absolute Gasteiger partial charge is 0.481 e. The Hall–Kier alpha value is -2.03. The zero-order chi connectivity index (χ0) is 13.9. The first-order valence-corrected chi connectivity index (χ1v) is 7.18. The van der Waals surface area contributed by atoms with E-state index in [0.717, 1.165) is 37.1 Å². The monoisotopic (exact) mass is 269 g/mol. The Morgan fingerprint density at radius 3 is 2.55 bits per heavy atom. The normalized spacial score (nSPS) is 16.4. The van der Waals surface area contributed by atoms with E-state index in [1.807, 2.05) is 42.2 Å². The molecule has 1 amide bonds. The lowest BCUT2D eigenvalue weighted by atomic mass is 10.1. The van der Waals surface area contributed by atoms with Crippen molar-refractivity contribution < 1.29 is 9.53 Å². The fourth-order valence-electron chi connectivity index (χ4n) is 2.69. The van der Waals surface area contributed by atoms with Gasteiger partial charge in [-0.15, -0.1) is 0 Å². The summed E-state index contributed by atoms with van der Waals surface area (Å²) < 4.78 is 5.81. The van der Waals surface area contributed by atoms with Crippen LogP contribution in [0.3, 0.4) is 0 Å². The third-order valence-electron chi connectivity index (χ3n) is 3.80. The highest BCUT2D eigenvalue weighted by Crippen LogP contribution is 2.22. The van der Waals surface area contributed by atoms with Gasteiger partial charge < -0.3 is 9.64 Å². The summed E-state index contributed by atoms with van der Waals surface area (Å²) in [5.74, 6) is 0.847. The molecule has 0 spiro atoms. The van der Waals surface area contributed by atoms with Crippen molar-refractivity contribution in [2.24, 2.45) is 0 Å². The number of carbonyl (C=O) groups excluding carboxylic acids is 1. The molecule has 3 nitrogen and oxygen atoms in total. The predicted molar refractivity (Wildman–Crippen MR) is 79.9 cm³/mol. The number of amides is 1.